The maximum absolute atomic E-state index is 13.1. The average Bonchev–Trinajstić information content (AvgIpc) is 2.57. The van der Waals surface area contributed by atoms with Crippen molar-refractivity contribution in [1.29, 1.82) is 0 Å². The maximum atomic E-state index is 13.1. The van der Waals surface area contributed by atoms with Crippen molar-refractivity contribution in [3.05, 3.63) is 0 Å². The van der Waals surface area contributed by atoms with Gasteiger partial charge in [-0.3, -0.25) is 9.59 Å². The normalized spacial score (nSPS) is 15.0. The van der Waals surface area contributed by atoms with Crippen LogP contribution in [-0.4, -0.2) is 36.7 Å². The molecular formula is C15H30N2O5SY. The SMILES string of the molecule is C.C.CC(C)(C)S(=O)(=NC(=O)ON1C(=O)CCC1=O)C(C)(C)C.[Y]. The summed E-state index contributed by atoms with van der Waals surface area (Å²) in [7, 11) is -3.00. The summed E-state index contributed by atoms with van der Waals surface area (Å²) >= 11 is 0. The Balaban J connectivity index is -0.00000147. The van der Waals surface area contributed by atoms with Crippen molar-refractivity contribution in [2.45, 2.75) is 78.7 Å². The summed E-state index contributed by atoms with van der Waals surface area (Å²) in [5.74, 6) is -1.19. The third-order valence-corrected chi connectivity index (χ3v) is 6.76. The van der Waals surface area contributed by atoms with Crippen molar-refractivity contribution in [3.63, 3.8) is 0 Å². The minimum absolute atomic E-state index is 0. The van der Waals surface area contributed by atoms with Gasteiger partial charge < -0.3 is 4.84 Å². The number of nitrogens with zero attached hydrogens (tertiary/aromatic N) is 2. The van der Waals surface area contributed by atoms with Gasteiger partial charge in [0, 0.05) is 55.0 Å². The third kappa shape index (κ3) is 5.88. The van der Waals surface area contributed by atoms with Crippen LogP contribution in [0.4, 0.5) is 4.79 Å². The van der Waals surface area contributed by atoms with E-state index in [9.17, 15) is 18.6 Å². The molecule has 1 fully saturated rings. The van der Waals surface area contributed by atoms with Gasteiger partial charge in [-0.15, -0.1) is 9.43 Å². The van der Waals surface area contributed by atoms with Gasteiger partial charge in [-0.2, -0.15) is 0 Å². The van der Waals surface area contributed by atoms with Crippen LogP contribution in [0.5, 0.6) is 0 Å². The predicted octanol–water partition coefficient (Wildman–Crippen LogP) is 3.52. The van der Waals surface area contributed by atoms with Crippen molar-refractivity contribution < 1.29 is 56.1 Å². The van der Waals surface area contributed by atoms with Gasteiger partial charge in [-0.05, 0) is 41.5 Å². The van der Waals surface area contributed by atoms with Gasteiger partial charge in [0.05, 0.1) is 9.73 Å². The van der Waals surface area contributed by atoms with Crippen LogP contribution in [-0.2, 0) is 56.9 Å². The van der Waals surface area contributed by atoms with Gasteiger partial charge in [0.2, 0.25) is 0 Å². The van der Waals surface area contributed by atoms with E-state index in [-0.39, 0.29) is 60.4 Å². The molecule has 0 atom stereocenters. The van der Waals surface area contributed by atoms with E-state index in [1.165, 1.54) is 0 Å². The van der Waals surface area contributed by atoms with Crippen molar-refractivity contribution in [3.8, 4) is 0 Å². The Hall–Kier alpha value is -0.336. The van der Waals surface area contributed by atoms with E-state index in [1.807, 2.05) is 0 Å². The van der Waals surface area contributed by atoms with Crippen LogP contribution in [0.25, 0.3) is 0 Å². The number of carbonyl (C=O) groups is 3. The number of hydrogen-bond acceptors (Lipinski definition) is 5. The first-order chi connectivity index (χ1) is 9.29. The number of hydroxylamine groups is 2. The topological polar surface area (TPSA) is 93.1 Å². The van der Waals surface area contributed by atoms with E-state index >= 15 is 0 Å². The van der Waals surface area contributed by atoms with Gasteiger partial charge in [0.25, 0.3) is 11.8 Å². The first-order valence-electron chi connectivity index (χ1n) is 6.63. The smallest absolute Gasteiger partial charge is 0.309 e. The Morgan fingerprint density at radius 1 is 1.00 bits per heavy atom. The van der Waals surface area contributed by atoms with E-state index in [1.54, 1.807) is 41.5 Å². The molecular weight excluding hydrogens is 409 g/mol. The zero-order valence-corrected chi connectivity index (χ0v) is 17.5. The number of imide groups is 1. The molecule has 7 nitrogen and oxygen atoms in total. The monoisotopic (exact) mass is 439 g/mol. The van der Waals surface area contributed by atoms with Gasteiger partial charge in [0.15, 0.2) is 0 Å². The molecule has 3 amide bonds. The molecule has 24 heavy (non-hydrogen) atoms. The molecule has 9 heteroatoms. The molecule has 1 heterocycles. The third-order valence-electron chi connectivity index (χ3n) is 3.04. The van der Waals surface area contributed by atoms with E-state index in [4.69, 9.17) is 0 Å². The molecule has 0 aliphatic carbocycles. The molecule has 0 aromatic heterocycles. The van der Waals surface area contributed by atoms with E-state index in [0.29, 0.717) is 5.06 Å². The predicted molar refractivity (Wildman–Crippen MR) is 91.1 cm³/mol. The summed E-state index contributed by atoms with van der Waals surface area (Å²) in [6, 6.07) is 0. The molecule has 139 valence electrons. The second-order valence-corrected chi connectivity index (χ2v) is 10.5. The van der Waals surface area contributed by atoms with Crippen molar-refractivity contribution in [2.24, 2.45) is 4.36 Å². The summed E-state index contributed by atoms with van der Waals surface area (Å²) in [6.07, 6.45) is -1.19. The largest absolute Gasteiger partial charge is 0.466 e. The van der Waals surface area contributed by atoms with Gasteiger partial charge in [-0.1, -0.05) is 14.9 Å². The molecule has 0 aromatic carbocycles. The van der Waals surface area contributed by atoms with Crippen LogP contribution in [0.1, 0.15) is 69.2 Å². The molecule has 0 bridgehead atoms. The van der Waals surface area contributed by atoms with Crippen molar-refractivity contribution in [2.75, 3.05) is 0 Å². The minimum Gasteiger partial charge on any atom is -0.309 e. The molecule has 0 unspecified atom stereocenters. The molecule has 0 N–H and O–H groups in total. The van der Waals surface area contributed by atoms with Crippen molar-refractivity contribution in [1.82, 2.24) is 5.06 Å². The second kappa shape index (κ2) is 9.39. The van der Waals surface area contributed by atoms with Crippen molar-refractivity contribution >= 4 is 27.6 Å². The molecule has 0 saturated carbocycles. The Morgan fingerprint density at radius 3 is 1.62 bits per heavy atom. The Bertz CT molecular complexity index is 560. The minimum atomic E-state index is -3.00. The molecule has 1 saturated heterocycles. The summed E-state index contributed by atoms with van der Waals surface area (Å²) in [4.78, 5) is 39.3. The summed E-state index contributed by atoms with van der Waals surface area (Å²) in [6.45, 7) is 10.3. The fourth-order valence-corrected chi connectivity index (χ4v) is 4.68. The molecule has 0 spiro atoms. The Labute approximate surface area is 171 Å². The maximum Gasteiger partial charge on any atom is 0.466 e. The zero-order valence-electron chi connectivity index (χ0n) is 13.8. The molecule has 1 radical (unpaired) electrons. The van der Waals surface area contributed by atoms with Gasteiger partial charge >= 0.3 is 6.09 Å². The van der Waals surface area contributed by atoms with Crippen LogP contribution in [0, 0.1) is 0 Å². The number of amides is 3. The molecule has 1 aliphatic heterocycles. The first-order valence-corrected chi connectivity index (χ1v) is 8.15. The van der Waals surface area contributed by atoms with E-state index < -0.39 is 37.1 Å². The van der Waals surface area contributed by atoms with E-state index in [0.717, 1.165) is 0 Å². The quantitative estimate of drug-likeness (QED) is 0.583. The fraction of sp³-hybridized carbons (Fsp3) is 0.800. The number of hydrogen-bond donors (Lipinski definition) is 0. The summed E-state index contributed by atoms with van der Waals surface area (Å²) in [5, 5.41) is 0.400. The Kier molecular flexibility index (Phi) is 11.1. The zero-order chi connectivity index (χ0) is 16.6. The average molecular weight is 439 g/mol. The molecule has 1 aliphatic rings. The fourth-order valence-electron chi connectivity index (χ4n) is 2.05. The molecule has 1 rings (SSSR count). The number of carbonyl (C=O) groups excluding carboxylic acids is 3. The van der Waals surface area contributed by atoms with Gasteiger partial charge in [-0.25, -0.2) is 9.00 Å². The standard InChI is InChI=1S/C13H22N2O5S.2CH4.Y/c1-12(2,3)21(19,13(4,5)6)14-11(18)20-15-9(16)7-8-10(15)17;;;/h7-8H2,1-6H3;2*1H4;. The van der Waals surface area contributed by atoms with Crippen LogP contribution < -0.4 is 0 Å². The van der Waals surface area contributed by atoms with Crippen LogP contribution in [0.3, 0.4) is 0 Å². The first kappa shape index (κ1) is 28.5. The summed E-state index contributed by atoms with van der Waals surface area (Å²) < 4.78 is 15.3. The van der Waals surface area contributed by atoms with Crippen LogP contribution >= 0.6 is 0 Å². The summed E-state index contributed by atoms with van der Waals surface area (Å²) in [5.41, 5.74) is 0. The van der Waals surface area contributed by atoms with Crippen LogP contribution in [0.15, 0.2) is 4.36 Å². The Morgan fingerprint density at radius 2 is 1.33 bits per heavy atom. The number of rotatable bonds is 1. The second-order valence-electron chi connectivity index (χ2n) is 6.78. The van der Waals surface area contributed by atoms with Gasteiger partial charge in [0.1, 0.15) is 0 Å². The van der Waals surface area contributed by atoms with Crippen LogP contribution in [0.2, 0.25) is 0 Å². The van der Waals surface area contributed by atoms with E-state index in [2.05, 4.69) is 9.20 Å². The molecule has 0 aromatic rings.